The molecule has 0 saturated heterocycles. The van der Waals surface area contributed by atoms with E-state index in [2.05, 4.69) is 15.3 Å². The highest BCUT2D eigenvalue weighted by Crippen LogP contribution is 2.36. The van der Waals surface area contributed by atoms with Crippen molar-refractivity contribution >= 4 is 17.2 Å². The molecule has 0 radical (unpaired) electrons. The summed E-state index contributed by atoms with van der Waals surface area (Å²) < 4.78 is 10.7. The third-order valence-electron chi connectivity index (χ3n) is 3.64. The zero-order valence-electron chi connectivity index (χ0n) is 14.2. The molecular formula is C18H16N4O4. The van der Waals surface area contributed by atoms with Gasteiger partial charge in [0.05, 0.1) is 12.0 Å². The molecule has 26 heavy (non-hydrogen) atoms. The van der Waals surface area contributed by atoms with Crippen LogP contribution in [-0.2, 0) is 0 Å². The number of ether oxygens (including phenoxy) is 2. The van der Waals surface area contributed by atoms with E-state index in [9.17, 15) is 10.1 Å². The third kappa shape index (κ3) is 3.69. The maximum absolute atomic E-state index is 11.6. The van der Waals surface area contributed by atoms with Gasteiger partial charge in [-0.2, -0.15) is 4.98 Å². The van der Waals surface area contributed by atoms with Gasteiger partial charge in [-0.05, 0) is 42.8 Å². The first-order valence-electron chi connectivity index (χ1n) is 7.72. The number of rotatable bonds is 6. The maximum atomic E-state index is 11.6. The lowest BCUT2D eigenvalue weighted by Crippen LogP contribution is -2.04. The predicted octanol–water partition coefficient (Wildman–Crippen LogP) is 4.24. The van der Waals surface area contributed by atoms with Gasteiger partial charge in [-0.1, -0.05) is 18.2 Å². The lowest BCUT2D eigenvalue weighted by Gasteiger charge is -2.11. The number of aromatic nitrogens is 2. The first-order chi connectivity index (χ1) is 12.6. The summed E-state index contributed by atoms with van der Waals surface area (Å²) in [6, 6.07) is 14.1. The van der Waals surface area contributed by atoms with E-state index in [4.69, 9.17) is 9.47 Å². The fraction of sp³-hybridized carbons (Fsp3) is 0.111. The van der Waals surface area contributed by atoms with Crippen LogP contribution in [0.5, 0.6) is 17.4 Å². The van der Waals surface area contributed by atoms with E-state index in [1.165, 1.54) is 6.33 Å². The van der Waals surface area contributed by atoms with Crippen molar-refractivity contribution in [3.8, 4) is 17.4 Å². The van der Waals surface area contributed by atoms with Crippen molar-refractivity contribution in [1.29, 1.82) is 0 Å². The minimum Gasteiger partial charge on any atom is -0.497 e. The zero-order valence-corrected chi connectivity index (χ0v) is 14.2. The average molecular weight is 352 g/mol. The number of para-hydroxylation sites is 1. The minimum absolute atomic E-state index is 0.0582. The number of methoxy groups -OCH3 is 1. The summed E-state index contributed by atoms with van der Waals surface area (Å²) in [5.41, 5.74) is 1.30. The van der Waals surface area contributed by atoms with Crippen LogP contribution in [0.4, 0.5) is 17.2 Å². The van der Waals surface area contributed by atoms with E-state index in [0.29, 0.717) is 17.2 Å². The number of hydrogen-bond donors (Lipinski definition) is 1. The molecule has 1 N–H and O–H groups in total. The van der Waals surface area contributed by atoms with E-state index in [-0.39, 0.29) is 17.4 Å². The van der Waals surface area contributed by atoms with Crippen molar-refractivity contribution in [3.05, 3.63) is 70.5 Å². The monoisotopic (exact) mass is 352 g/mol. The van der Waals surface area contributed by atoms with Gasteiger partial charge in [0, 0.05) is 5.69 Å². The summed E-state index contributed by atoms with van der Waals surface area (Å²) in [6.07, 6.45) is 1.21. The lowest BCUT2D eigenvalue weighted by molar-refractivity contribution is -0.385. The topological polar surface area (TPSA) is 99.4 Å². The van der Waals surface area contributed by atoms with Crippen LogP contribution >= 0.6 is 0 Å². The van der Waals surface area contributed by atoms with Crippen LogP contribution in [0.1, 0.15) is 5.56 Å². The van der Waals surface area contributed by atoms with E-state index in [0.717, 1.165) is 5.56 Å². The molecular weight excluding hydrogens is 336 g/mol. The Kier molecular flexibility index (Phi) is 4.93. The molecule has 0 fully saturated rings. The van der Waals surface area contributed by atoms with Crippen LogP contribution in [0.2, 0.25) is 0 Å². The average Bonchev–Trinajstić information content (AvgIpc) is 2.64. The number of nitro groups is 1. The smallest absolute Gasteiger partial charge is 0.373 e. The molecule has 2 aromatic carbocycles. The second-order valence-corrected chi connectivity index (χ2v) is 5.35. The van der Waals surface area contributed by atoms with Crippen molar-refractivity contribution in [2.45, 2.75) is 6.92 Å². The third-order valence-corrected chi connectivity index (χ3v) is 3.64. The molecule has 0 aliphatic carbocycles. The molecule has 0 atom stereocenters. The van der Waals surface area contributed by atoms with Crippen molar-refractivity contribution in [1.82, 2.24) is 9.97 Å². The summed E-state index contributed by atoms with van der Waals surface area (Å²) in [5, 5.41) is 14.6. The summed E-state index contributed by atoms with van der Waals surface area (Å²) in [5.74, 6) is 0.958. The molecule has 1 heterocycles. The Balaban J connectivity index is 1.95. The molecule has 0 unspecified atom stereocenters. The molecule has 8 heteroatoms. The predicted molar refractivity (Wildman–Crippen MR) is 96.2 cm³/mol. The van der Waals surface area contributed by atoms with Gasteiger partial charge in [0.2, 0.25) is 5.82 Å². The van der Waals surface area contributed by atoms with Crippen LogP contribution in [0.15, 0.2) is 54.9 Å². The quantitative estimate of drug-likeness (QED) is 0.523. The van der Waals surface area contributed by atoms with Crippen LogP contribution in [0, 0.1) is 17.0 Å². The Bertz CT molecular complexity index is 929. The van der Waals surface area contributed by atoms with Gasteiger partial charge in [0.25, 0.3) is 0 Å². The first kappa shape index (κ1) is 17.2. The SMILES string of the molecule is COc1ccc(Oc2ncnc(Nc3ccccc3C)c2[N+](=O)[O-])cc1. The van der Waals surface area contributed by atoms with E-state index < -0.39 is 4.92 Å². The molecule has 0 saturated carbocycles. The van der Waals surface area contributed by atoms with E-state index in [1.54, 1.807) is 31.4 Å². The molecule has 0 aliphatic heterocycles. The fourth-order valence-corrected chi connectivity index (χ4v) is 2.29. The van der Waals surface area contributed by atoms with Crippen molar-refractivity contribution < 1.29 is 14.4 Å². The summed E-state index contributed by atoms with van der Waals surface area (Å²) >= 11 is 0. The van der Waals surface area contributed by atoms with Gasteiger partial charge in [-0.15, -0.1) is 0 Å². The maximum Gasteiger partial charge on any atom is 0.373 e. The molecule has 1 aromatic heterocycles. The summed E-state index contributed by atoms with van der Waals surface area (Å²) in [6.45, 7) is 1.89. The van der Waals surface area contributed by atoms with Crippen molar-refractivity contribution in [2.24, 2.45) is 0 Å². The normalized spacial score (nSPS) is 10.2. The van der Waals surface area contributed by atoms with Crippen LogP contribution in [0.3, 0.4) is 0 Å². The fourth-order valence-electron chi connectivity index (χ4n) is 2.29. The molecule has 0 aliphatic rings. The van der Waals surface area contributed by atoms with E-state index >= 15 is 0 Å². The Morgan fingerprint density at radius 3 is 2.38 bits per heavy atom. The second kappa shape index (κ2) is 7.47. The number of nitrogens with zero attached hydrogens (tertiary/aromatic N) is 3. The van der Waals surface area contributed by atoms with Gasteiger partial charge in [0.15, 0.2) is 0 Å². The summed E-state index contributed by atoms with van der Waals surface area (Å²) in [4.78, 5) is 18.9. The standard InChI is InChI=1S/C18H16N4O4/c1-12-5-3-4-6-15(12)21-17-16(22(23)24)18(20-11-19-17)26-14-9-7-13(25-2)8-10-14/h3-11H,1-2H3,(H,19,20,21). The number of hydrogen-bond acceptors (Lipinski definition) is 7. The number of anilines is 2. The lowest BCUT2D eigenvalue weighted by atomic mass is 10.2. The first-order valence-corrected chi connectivity index (χ1v) is 7.72. The molecule has 0 spiro atoms. The largest absolute Gasteiger partial charge is 0.497 e. The van der Waals surface area contributed by atoms with Crippen LogP contribution < -0.4 is 14.8 Å². The van der Waals surface area contributed by atoms with E-state index in [1.807, 2.05) is 31.2 Å². The van der Waals surface area contributed by atoms with Crippen molar-refractivity contribution in [3.63, 3.8) is 0 Å². The zero-order chi connectivity index (χ0) is 18.5. The Hall–Kier alpha value is -3.68. The van der Waals surface area contributed by atoms with Crippen LogP contribution in [0.25, 0.3) is 0 Å². The number of benzene rings is 2. The molecule has 132 valence electrons. The molecule has 3 rings (SSSR count). The van der Waals surface area contributed by atoms with Gasteiger partial charge in [0.1, 0.15) is 17.8 Å². The highest BCUT2D eigenvalue weighted by molar-refractivity contribution is 5.70. The van der Waals surface area contributed by atoms with Gasteiger partial charge < -0.3 is 14.8 Å². The molecule has 0 amide bonds. The van der Waals surface area contributed by atoms with Gasteiger partial charge >= 0.3 is 11.6 Å². The minimum atomic E-state index is -0.570. The molecule has 3 aromatic rings. The van der Waals surface area contributed by atoms with Crippen LogP contribution in [-0.4, -0.2) is 22.0 Å². The van der Waals surface area contributed by atoms with Crippen molar-refractivity contribution in [2.75, 3.05) is 12.4 Å². The number of aryl methyl sites for hydroxylation is 1. The van der Waals surface area contributed by atoms with Gasteiger partial charge in [-0.3, -0.25) is 10.1 Å². The molecule has 8 nitrogen and oxygen atoms in total. The number of nitrogens with one attached hydrogen (secondary N) is 1. The Morgan fingerprint density at radius 1 is 1.04 bits per heavy atom. The van der Waals surface area contributed by atoms with Gasteiger partial charge in [-0.25, -0.2) is 4.98 Å². The Morgan fingerprint density at radius 2 is 1.73 bits per heavy atom. The molecule has 0 bridgehead atoms. The second-order valence-electron chi connectivity index (χ2n) is 5.35. The Labute approximate surface area is 149 Å². The highest BCUT2D eigenvalue weighted by atomic mass is 16.6. The highest BCUT2D eigenvalue weighted by Gasteiger charge is 2.25. The summed E-state index contributed by atoms with van der Waals surface area (Å²) in [7, 11) is 1.55.